The van der Waals surface area contributed by atoms with Gasteiger partial charge in [0.05, 0.1) is 6.04 Å². The van der Waals surface area contributed by atoms with Crippen molar-refractivity contribution < 1.29 is 9.59 Å². The molecule has 3 amide bonds. The number of hydrogen-bond donors (Lipinski definition) is 3. The first-order valence-electron chi connectivity index (χ1n) is 9.21. The summed E-state index contributed by atoms with van der Waals surface area (Å²) in [5.41, 5.74) is 2.73. The molecule has 0 bridgehead atoms. The van der Waals surface area contributed by atoms with Gasteiger partial charge in [0.2, 0.25) is 5.91 Å². The smallest absolute Gasteiger partial charge is 0.319 e. The van der Waals surface area contributed by atoms with E-state index < -0.39 is 0 Å². The minimum atomic E-state index is -0.332. The molecule has 0 aliphatic heterocycles. The van der Waals surface area contributed by atoms with Gasteiger partial charge in [-0.25, -0.2) is 4.79 Å². The topological polar surface area (TPSA) is 70.2 Å². The van der Waals surface area contributed by atoms with E-state index >= 15 is 0 Å². The Morgan fingerprint density at radius 2 is 1.21 bits per heavy atom. The molecule has 0 heterocycles. The third-order valence-corrected chi connectivity index (χ3v) is 4.24. The van der Waals surface area contributed by atoms with E-state index in [4.69, 9.17) is 0 Å². The standard InChI is InChI=1S/C23H23N3O2/c27-21(16-17-24-23(28)25-20-14-8-3-9-15-20)26-22(18-10-4-1-5-11-18)19-12-6-2-7-13-19/h1-15,22H,16-17H2,(H,26,27)(H2,24,25,28). The quantitative estimate of drug-likeness (QED) is 0.583. The molecule has 142 valence electrons. The van der Waals surface area contributed by atoms with E-state index in [1.807, 2.05) is 78.9 Å². The van der Waals surface area contributed by atoms with Gasteiger partial charge in [-0.2, -0.15) is 0 Å². The molecule has 0 aliphatic rings. The number of carbonyl (C=O) groups excluding carboxylic acids is 2. The summed E-state index contributed by atoms with van der Waals surface area (Å²) in [6, 6.07) is 28.3. The van der Waals surface area contributed by atoms with Gasteiger partial charge in [0.1, 0.15) is 0 Å². The molecule has 0 fully saturated rings. The van der Waals surface area contributed by atoms with Crippen molar-refractivity contribution >= 4 is 17.6 Å². The lowest BCUT2D eigenvalue weighted by atomic mass is 9.98. The SMILES string of the molecule is O=C(CCNC(=O)Nc1ccccc1)NC(c1ccccc1)c1ccccc1. The van der Waals surface area contributed by atoms with Crippen molar-refractivity contribution in [1.82, 2.24) is 10.6 Å². The summed E-state index contributed by atoms with van der Waals surface area (Å²) in [5.74, 6) is -0.127. The summed E-state index contributed by atoms with van der Waals surface area (Å²) in [5, 5.41) is 8.49. The molecule has 5 nitrogen and oxygen atoms in total. The van der Waals surface area contributed by atoms with Crippen LogP contribution in [0.4, 0.5) is 10.5 Å². The maximum atomic E-state index is 12.5. The highest BCUT2D eigenvalue weighted by molar-refractivity contribution is 5.89. The molecule has 3 aromatic carbocycles. The van der Waals surface area contributed by atoms with Crippen LogP contribution in [0.2, 0.25) is 0 Å². The van der Waals surface area contributed by atoms with Crippen LogP contribution in [0.25, 0.3) is 0 Å². The fourth-order valence-corrected chi connectivity index (χ4v) is 2.87. The monoisotopic (exact) mass is 373 g/mol. The van der Waals surface area contributed by atoms with Gasteiger partial charge in [-0.15, -0.1) is 0 Å². The molecule has 0 saturated carbocycles. The number of benzene rings is 3. The zero-order valence-corrected chi connectivity index (χ0v) is 15.5. The van der Waals surface area contributed by atoms with Gasteiger partial charge in [0, 0.05) is 18.7 Å². The van der Waals surface area contributed by atoms with Crippen molar-refractivity contribution in [3.8, 4) is 0 Å². The molecule has 0 spiro atoms. The first-order valence-corrected chi connectivity index (χ1v) is 9.21. The van der Waals surface area contributed by atoms with E-state index in [-0.39, 0.29) is 30.9 Å². The molecule has 0 atom stereocenters. The molecule has 5 heteroatoms. The van der Waals surface area contributed by atoms with Crippen molar-refractivity contribution in [2.24, 2.45) is 0 Å². The molecule has 3 aromatic rings. The third kappa shape index (κ3) is 5.71. The van der Waals surface area contributed by atoms with Crippen LogP contribution in [0.1, 0.15) is 23.6 Å². The lowest BCUT2D eigenvalue weighted by Crippen LogP contribution is -2.35. The summed E-state index contributed by atoms with van der Waals surface area (Å²) in [4.78, 5) is 24.4. The minimum Gasteiger partial charge on any atom is -0.345 e. The van der Waals surface area contributed by atoms with E-state index in [2.05, 4.69) is 16.0 Å². The molecule has 0 saturated heterocycles. The molecule has 0 unspecified atom stereocenters. The van der Waals surface area contributed by atoms with Crippen molar-refractivity contribution in [3.63, 3.8) is 0 Å². The number of para-hydroxylation sites is 1. The van der Waals surface area contributed by atoms with Crippen LogP contribution in [0.5, 0.6) is 0 Å². The molecule has 0 aromatic heterocycles. The summed E-state index contributed by atoms with van der Waals surface area (Å²) in [6.07, 6.45) is 0.193. The van der Waals surface area contributed by atoms with Crippen LogP contribution in [-0.2, 0) is 4.79 Å². The third-order valence-electron chi connectivity index (χ3n) is 4.24. The highest BCUT2D eigenvalue weighted by Gasteiger charge is 2.16. The molecule has 28 heavy (non-hydrogen) atoms. The van der Waals surface area contributed by atoms with Gasteiger partial charge < -0.3 is 16.0 Å². The summed E-state index contributed by atoms with van der Waals surface area (Å²) < 4.78 is 0. The summed E-state index contributed by atoms with van der Waals surface area (Å²) >= 11 is 0. The highest BCUT2D eigenvalue weighted by atomic mass is 16.2. The number of hydrogen-bond acceptors (Lipinski definition) is 2. The Labute approximate surface area is 164 Å². The van der Waals surface area contributed by atoms with E-state index in [0.29, 0.717) is 5.69 Å². The van der Waals surface area contributed by atoms with E-state index in [1.165, 1.54) is 0 Å². The van der Waals surface area contributed by atoms with Crippen LogP contribution >= 0.6 is 0 Å². The van der Waals surface area contributed by atoms with Gasteiger partial charge in [-0.3, -0.25) is 4.79 Å². The second kappa shape index (κ2) is 9.92. The van der Waals surface area contributed by atoms with Gasteiger partial charge >= 0.3 is 6.03 Å². The Morgan fingerprint density at radius 3 is 1.75 bits per heavy atom. The molecule has 3 N–H and O–H groups in total. The molecule has 0 aliphatic carbocycles. The maximum Gasteiger partial charge on any atom is 0.319 e. The summed E-state index contributed by atoms with van der Waals surface area (Å²) in [6.45, 7) is 0.251. The summed E-state index contributed by atoms with van der Waals surface area (Å²) in [7, 11) is 0. The number of carbonyl (C=O) groups is 2. The fraction of sp³-hybridized carbons (Fsp3) is 0.130. The van der Waals surface area contributed by atoms with Crippen molar-refractivity contribution in [3.05, 3.63) is 102 Å². The van der Waals surface area contributed by atoms with Gasteiger partial charge in [0.15, 0.2) is 0 Å². The number of nitrogens with one attached hydrogen (secondary N) is 3. The molecular weight excluding hydrogens is 350 g/mol. The lowest BCUT2D eigenvalue weighted by Gasteiger charge is -2.20. The maximum absolute atomic E-state index is 12.5. The molecule has 0 radical (unpaired) electrons. The van der Waals surface area contributed by atoms with Crippen LogP contribution < -0.4 is 16.0 Å². The first-order chi connectivity index (χ1) is 13.7. The Kier molecular flexibility index (Phi) is 6.79. The van der Waals surface area contributed by atoms with Gasteiger partial charge in [-0.1, -0.05) is 78.9 Å². The zero-order valence-electron chi connectivity index (χ0n) is 15.5. The van der Waals surface area contributed by atoms with Crippen LogP contribution in [0, 0.1) is 0 Å². The molecule has 3 rings (SSSR count). The van der Waals surface area contributed by atoms with Crippen LogP contribution in [0.3, 0.4) is 0 Å². The second-order valence-corrected chi connectivity index (χ2v) is 6.32. The Bertz CT molecular complexity index is 844. The molecular formula is C23H23N3O2. The number of rotatable bonds is 7. The van der Waals surface area contributed by atoms with Crippen molar-refractivity contribution in [2.75, 3.05) is 11.9 Å². The Morgan fingerprint density at radius 1 is 0.714 bits per heavy atom. The number of amides is 3. The largest absolute Gasteiger partial charge is 0.345 e. The van der Waals surface area contributed by atoms with Crippen LogP contribution in [-0.4, -0.2) is 18.5 Å². The van der Waals surface area contributed by atoms with Crippen molar-refractivity contribution in [2.45, 2.75) is 12.5 Å². The average molecular weight is 373 g/mol. The minimum absolute atomic E-state index is 0.127. The highest BCUT2D eigenvalue weighted by Crippen LogP contribution is 2.21. The fourth-order valence-electron chi connectivity index (χ4n) is 2.87. The number of anilines is 1. The zero-order chi connectivity index (χ0) is 19.6. The Balaban J connectivity index is 1.53. The first kappa shape index (κ1) is 19.2. The van der Waals surface area contributed by atoms with Crippen molar-refractivity contribution in [1.29, 1.82) is 0 Å². The van der Waals surface area contributed by atoms with Gasteiger partial charge in [-0.05, 0) is 23.3 Å². The van der Waals surface area contributed by atoms with Crippen LogP contribution in [0.15, 0.2) is 91.0 Å². The second-order valence-electron chi connectivity index (χ2n) is 6.32. The van der Waals surface area contributed by atoms with Gasteiger partial charge in [0.25, 0.3) is 0 Å². The number of urea groups is 1. The predicted molar refractivity (Wildman–Crippen MR) is 111 cm³/mol. The predicted octanol–water partition coefficient (Wildman–Crippen LogP) is 4.10. The van der Waals surface area contributed by atoms with E-state index in [0.717, 1.165) is 11.1 Å². The normalized spacial score (nSPS) is 10.3. The van der Waals surface area contributed by atoms with E-state index in [1.54, 1.807) is 12.1 Å². The lowest BCUT2D eigenvalue weighted by molar-refractivity contribution is -0.121. The Hall–Kier alpha value is -3.60. The average Bonchev–Trinajstić information content (AvgIpc) is 2.74. The van der Waals surface area contributed by atoms with E-state index in [9.17, 15) is 9.59 Å².